The molecule has 0 aliphatic rings. The summed E-state index contributed by atoms with van der Waals surface area (Å²) in [5.74, 6) is 6.42. The molecule has 0 aromatic rings. The van der Waals surface area contributed by atoms with Gasteiger partial charge < -0.3 is 20.1 Å². The zero-order valence-corrected chi connectivity index (χ0v) is 17.2. The maximum atomic E-state index is 11.5. The molecular weight excluding hydrogens is 360 g/mol. The van der Waals surface area contributed by atoms with Gasteiger partial charge in [-0.05, 0) is 5.92 Å². The highest BCUT2D eigenvalue weighted by atomic mass is 33.1. The topological polar surface area (TPSA) is 76.7 Å². The van der Waals surface area contributed by atoms with E-state index in [0.29, 0.717) is 38.0 Å². The van der Waals surface area contributed by atoms with Crippen molar-refractivity contribution in [1.82, 2.24) is 10.6 Å². The number of carbonyl (C=O) groups excluding carboxylic acids is 2. The van der Waals surface area contributed by atoms with E-state index in [1.165, 1.54) is 0 Å². The number of carbonyl (C=O) groups is 2. The Morgan fingerprint density at radius 1 is 1.12 bits per heavy atom. The van der Waals surface area contributed by atoms with E-state index in [1.54, 1.807) is 21.6 Å². The monoisotopic (exact) mass is 394 g/mol. The first kappa shape index (κ1) is 24.1. The molecule has 0 radical (unpaired) electrons. The van der Waals surface area contributed by atoms with Crippen LogP contribution in [-0.2, 0) is 19.1 Å². The van der Waals surface area contributed by atoms with Crippen LogP contribution in [0.4, 0.5) is 0 Å². The van der Waals surface area contributed by atoms with E-state index in [0.717, 1.165) is 6.42 Å². The zero-order valence-electron chi connectivity index (χ0n) is 15.6. The summed E-state index contributed by atoms with van der Waals surface area (Å²) < 4.78 is 10.7. The lowest BCUT2D eigenvalue weighted by molar-refractivity contribution is -0.126. The minimum Gasteiger partial charge on any atom is -0.369 e. The van der Waals surface area contributed by atoms with Crippen LogP contribution in [0.1, 0.15) is 43.4 Å². The lowest BCUT2D eigenvalue weighted by Crippen LogP contribution is -2.35. The first-order chi connectivity index (χ1) is 12.0. The van der Waals surface area contributed by atoms with E-state index < -0.39 is 0 Å². The molecule has 25 heavy (non-hydrogen) atoms. The van der Waals surface area contributed by atoms with Crippen LogP contribution in [0.15, 0.2) is 0 Å². The molecule has 8 heteroatoms. The normalized spacial score (nSPS) is 11.6. The second-order valence-electron chi connectivity index (χ2n) is 5.36. The fraction of sp³-hybridized carbons (Fsp3) is 0.765. The van der Waals surface area contributed by atoms with Crippen LogP contribution in [-0.4, -0.2) is 49.5 Å². The Bertz CT molecular complexity index is 446. The van der Waals surface area contributed by atoms with Crippen LogP contribution in [0, 0.1) is 17.8 Å². The smallest absolute Gasteiger partial charge is 0.246 e. The highest BCUT2D eigenvalue weighted by Crippen LogP contribution is 2.29. The highest BCUT2D eigenvalue weighted by molar-refractivity contribution is 8.76. The summed E-state index contributed by atoms with van der Waals surface area (Å²) in [4.78, 5) is 22.9. The van der Waals surface area contributed by atoms with Crippen molar-refractivity contribution in [1.29, 1.82) is 0 Å². The van der Waals surface area contributed by atoms with Gasteiger partial charge in [0.1, 0.15) is 12.5 Å². The van der Waals surface area contributed by atoms with Crippen molar-refractivity contribution in [3.63, 3.8) is 0 Å². The Morgan fingerprint density at radius 3 is 2.48 bits per heavy atom. The molecule has 6 nitrogen and oxygen atoms in total. The van der Waals surface area contributed by atoms with Crippen molar-refractivity contribution >= 4 is 33.4 Å². The van der Waals surface area contributed by atoms with Gasteiger partial charge in [0.2, 0.25) is 11.8 Å². The average Bonchev–Trinajstić information content (AvgIpc) is 2.59. The molecule has 2 N–H and O–H groups in total. The van der Waals surface area contributed by atoms with Gasteiger partial charge in [0, 0.05) is 15.7 Å². The standard InChI is InChI=1S/C17H30N2O4S2.2H2/c1-5-7-8-9-18-16(21)12-22-10-11-23-13-24-25-17(14(3)4)19-15(20)6-2;;/h14,17H,5-6,9-13H2,1-4H3,(H,18,21)(H,19,20);2*1H. The van der Waals surface area contributed by atoms with Crippen LogP contribution >= 0.6 is 21.6 Å². The Labute approximate surface area is 162 Å². The van der Waals surface area contributed by atoms with Gasteiger partial charge in [-0.15, -0.1) is 5.92 Å². The predicted molar refractivity (Wildman–Crippen MR) is 109 cm³/mol. The molecule has 0 aliphatic heterocycles. The largest absolute Gasteiger partial charge is 0.369 e. The van der Waals surface area contributed by atoms with Crippen LogP contribution in [0.3, 0.4) is 0 Å². The number of hydrogen-bond acceptors (Lipinski definition) is 6. The summed E-state index contributed by atoms with van der Waals surface area (Å²) in [5.41, 5.74) is 0. The molecule has 0 saturated heterocycles. The van der Waals surface area contributed by atoms with Gasteiger partial charge in [-0.25, -0.2) is 0 Å². The van der Waals surface area contributed by atoms with Gasteiger partial charge in [0.15, 0.2) is 0 Å². The average molecular weight is 395 g/mol. The summed E-state index contributed by atoms with van der Waals surface area (Å²) in [6.07, 6.45) is 1.27. The van der Waals surface area contributed by atoms with Crippen LogP contribution in [0.5, 0.6) is 0 Å². The van der Waals surface area contributed by atoms with E-state index in [-0.39, 0.29) is 26.6 Å². The minimum absolute atomic E-state index is 0. The Kier molecular flexibility index (Phi) is 16.0. The molecule has 0 spiro atoms. The van der Waals surface area contributed by atoms with Crippen LogP contribution in [0.25, 0.3) is 0 Å². The molecule has 0 rings (SSSR count). The summed E-state index contributed by atoms with van der Waals surface area (Å²) in [6, 6.07) is 0. The van der Waals surface area contributed by atoms with E-state index in [2.05, 4.69) is 36.3 Å². The Balaban J connectivity index is -0.00000288. The second kappa shape index (κ2) is 16.6. The third kappa shape index (κ3) is 15.1. The van der Waals surface area contributed by atoms with Crippen molar-refractivity contribution in [3.8, 4) is 11.8 Å². The summed E-state index contributed by atoms with van der Waals surface area (Å²) in [7, 11) is 3.15. The SMILES string of the molecule is CCC#CCNC(=O)COCCOCSSC(NC(=O)CC)C(C)C.[HH].[HH]. The Hall–Kier alpha value is -0.880. The van der Waals surface area contributed by atoms with E-state index in [4.69, 9.17) is 9.47 Å². The molecule has 0 bridgehead atoms. The van der Waals surface area contributed by atoms with Gasteiger partial charge in [-0.3, -0.25) is 9.59 Å². The van der Waals surface area contributed by atoms with Crippen LogP contribution in [0.2, 0.25) is 0 Å². The second-order valence-corrected chi connectivity index (χ2v) is 7.82. The van der Waals surface area contributed by atoms with Crippen molar-refractivity contribution in [3.05, 3.63) is 0 Å². The molecule has 0 heterocycles. The molecule has 0 aliphatic carbocycles. The number of nitrogens with one attached hydrogen (secondary N) is 2. The maximum absolute atomic E-state index is 11.5. The Morgan fingerprint density at radius 2 is 1.84 bits per heavy atom. The molecule has 0 saturated carbocycles. The lowest BCUT2D eigenvalue weighted by atomic mass is 10.2. The molecule has 148 valence electrons. The molecule has 1 atom stereocenters. The number of ether oxygens (including phenoxy) is 2. The van der Waals surface area contributed by atoms with Gasteiger partial charge in [0.05, 0.1) is 25.1 Å². The zero-order chi connectivity index (χ0) is 18.9. The molecule has 0 aromatic carbocycles. The van der Waals surface area contributed by atoms with Gasteiger partial charge in [-0.1, -0.05) is 55.2 Å². The fourth-order valence-corrected chi connectivity index (χ4v) is 3.83. The minimum atomic E-state index is -0.179. The number of amides is 2. The summed E-state index contributed by atoms with van der Waals surface area (Å²) in [5, 5.41) is 5.70. The van der Waals surface area contributed by atoms with Gasteiger partial charge in [-0.2, -0.15) is 0 Å². The number of hydrogen-bond donors (Lipinski definition) is 2. The summed E-state index contributed by atoms with van der Waals surface area (Å²) in [6.45, 7) is 9.09. The van der Waals surface area contributed by atoms with E-state index in [9.17, 15) is 9.59 Å². The number of rotatable bonds is 13. The third-order valence-corrected chi connectivity index (χ3v) is 5.40. The van der Waals surface area contributed by atoms with Gasteiger partial charge >= 0.3 is 0 Å². The van der Waals surface area contributed by atoms with Crippen molar-refractivity contribution in [2.24, 2.45) is 5.92 Å². The third-order valence-electron chi connectivity index (χ3n) is 2.81. The highest BCUT2D eigenvalue weighted by Gasteiger charge is 2.16. The molecule has 0 fully saturated rings. The van der Waals surface area contributed by atoms with E-state index >= 15 is 0 Å². The van der Waals surface area contributed by atoms with Crippen molar-refractivity contribution < 1.29 is 21.9 Å². The van der Waals surface area contributed by atoms with Gasteiger partial charge in [0.25, 0.3) is 0 Å². The first-order valence-corrected chi connectivity index (χ1v) is 10.8. The predicted octanol–water partition coefficient (Wildman–Crippen LogP) is 2.89. The maximum Gasteiger partial charge on any atom is 0.246 e. The molecule has 2 amide bonds. The summed E-state index contributed by atoms with van der Waals surface area (Å²) >= 11 is 0. The fourth-order valence-electron chi connectivity index (χ4n) is 1.42. The lowest BCUT2D eigenvalue weighted by Gasteiger charge is -2.20. The molecular formula is C17H34N2O4S2. The van der Waals surface area contributed by atoms with Crippen molar-refractivity contribution in [2.75, 3.05) is 32.3 Å². The van der Waals surface area contributed by atoms with Crippen molar-refractivity contribution in [2.45, 2.75) is 45.9 Å². The van der Waals surface area contributed by atoms with E-state index in [1.807, 2.05) is 13.8 Å². The first-order valence-electron chi connectivity index (χ1n) is 8.46. The molecule has 1 unspecified atom stereocenters. The quantitative estimate of drug-likeness (QED) is 0.216. The van der Waals surface area contributed by atoms with Crippen LogP contribution < -0.4 is 10.6 Å². The molecule has 0 aromatic heterocycles.